The largest absolute Gasteiger partial charge is 0.496 e. The number of carbonyl (C=O) groups is 1. The first kappa shape index (κ1) is 14.5. The average Bonchev–Trinajstić information content (AvgIpc) is 2.36. The van der Waals surface area contributed by atoms with Gasteiger partial charge in [-0.25, -0.2) is 0 Å². The van der Waals surface area contributed by atoms with Gasteiger partial charge in [0.05, 0.1) is 20.3 Å². The summed E-state index contributed by atoms with van der Waals surface area (Å²) >= 11 is 0. The molecular weight excluding hydrogens is 232 g/mol. The molecule has 5 nitrogen and oxygen atoms in total. The summed E-state index contributed by atoms with van der Waals surface area (Å²) in [6.07, 6.45) is 0. The normalized spacial score (nSPS) is 12.2. The summed E-state index contributed by atoms with van der Waals surface area (Å²) in [5.41, 5.74) is 7.14. The lowest BCUT2D eigenvalue weighted by Crippen LogP contribution is -2.30. The van der Waals surface area contributed by atoms with Gasteiger partial charge < -0.3 is 20.5 Å². The Balaban J connectivity index is 2.82. The molecule has 1 unspecified atom stereocenters. The maximum Gasteiger partial charge on any atom is 0.231 e. The molecule has 0 aliphatic carbocycles. The molecule has 0 aliphatic rings. The molecule has 1 atom stereocenters. The summed E-state index contributed by atoms with van der Waals surface area (Å²) in [5, 5.41) is 3.05. The molecule has 0 fully saturated rings. The zero-order valence-electron chi connectivity index (χ0n) is 11.0. The van der Waals surface area contributed by atoms with Crippen molar-refractivity contribution in [1.82, 2.24) is 5.32 Å². The van der Waals surface area contributed by atoms with E-state index in [9.17, 15) is 4.79 Å². The van der Waals surface area contributed by atoms with Crippen molar-refractivity contribution in [2.75, 3.05) is 20.8 Å². The van der Waals surface area contributed by atoms with Gasteiger partial charge in [-0.05, 0) is 24.6 Å². The molecule has 1 aromatic carbocycles. The Morgan fingerprint density at radius 2 is 2.17 bits per heavy atom. The third kappa shape index (κ3) is 4.01. The molecule has 0 bridgehead atoms. The highest BCUT2D eigenvalue weighted by Crippen LogP contribution is 2.23. The Morgan fingerprint density at radius 3 is 2.72 bits per heavy atom. The Hall–Kier alpha value is -1.59. The molecule has 1 amide bonds. The Labute approximate surface area is 107 Å². The number of nitrogens with two attached hydrogens (primary N) is 1. The molecular formula is C13H20N2O3. The van der Waals surface area contributed by atoms with Crippen LogP contribution in [0.2, 0.25) is 0 Å². The van der Waals surface area contributed by atoms with Gasteiger partial charge in [0.25, 0.3) is 0 Å². The van der Waals surface area contributed by atoms with E-state index in [0.717, 1.165) is 16.9 Å². The molecule has 18 heavy (non-hydrogen) atoms. The number of carbonyl (C=O) groups excluding carboxylic acids is 1. The number of ether oxygens (including phenoxy) is 2. The minimum Gasteiger partial charge on any atom is -0.496 e. The van der Waals surface area contributed by atoms with Crippen LogP contribution in [0.4, 0.5) is 0 Å². The molecule has 3 N–H and O–H groups in total. The number of benzene rings is 1. The molecule has 5 heteroatoms. The number of nitrogens with one attached hydrogen (secondary N) is 1. The fourth-order valence-corrected chi connectivity index (χ4v) is 1.71. The molecule has 0 aliphatic heterocycles. The highest BCUT2D eigenvalue weighted by molar-refractivity contribution is 5.75. The molecule has 1 aromatic rings. The van der Waals surface area contributed by atoms with Crippen molar-refractivity contribution in [3.63, 3.8) is 0 Å². The van der Waals surface area contributed by atoms with Gasteiger partial charge in [0, 0.05) is 18.7 Å². The second-order valence-corrected chi connectivity index (χ2v) is 4.07. The zero-order valence-corrected chi connectivity index (χ0v) is 11.0. The van der Waals surface area contributed by atoms with E-state index in [1.165, 1.54) is 0 Å². The van der Waals surface area contributed by atoms with E-state index in [1.54, 1.807) is 14.2 Å². The van der Waals surface area contributed by atoms with Crippen LogP contribution in [0.25, 0.3) is 0 Å². The van der Waals surface area contributed by atoms with Crippen molar-refractivity contribution in [2.24, 2.45) is 5.73 Å². The van der Waals surface area contributed by atoms with Crippen molar-refractivity contribution < 1.29 is 14.3 Å². The first-order valence-corrected chi connectivity index (χ1v) is 5.76. The SMILES string of the molecule is COCc1cc(C(C)NCC(N)=O)ccc1OC. The highest BCUT2D eigenvalue weighted by atomic mass is 16.5. The van der Waals surface area contributed by atoms with Crippen molar-refractivity contribution in [1.29, 1.82) is 0 Å². The van der Waals surface area contributed by atoms with Gasteiger partial charge in [0.2, 0.25) is 5.91 Å². The number of rotatable bonds is 7. The molecule has 0 saturated heterocycles. The standard InChI is InChI=1S/C13H20N2O3/c1-9(15-7-13(14)16)10-4-5-12(18-3)11(6-10)8-17-2/h4-6,9,15H,7-8H2,1-3H3,(H2,14,16). The van der Waals surface area contributed by atoms with Crippen LogP contribution < -0.4 is 15.8 Å². The van der Waals surface area contributed by atoms with Gasteiger partial charge in [-0.3, -0.25) is 4.79 Å². The van der Waals surface area contributed by atoms with Crippen molar-refractivity contribution >= 4 is 5.91 Å². The maximum atomic E-state index is 10.7. The first-order valence-electron chi connectivity index (χ1n) is 5.76. The van der Waals surface area contributed by atoms with Gasteiger partial charge in [-0.15, -0.1) is 0 Å². The van der Waals surface area contributed by atoms with E-state index >= 15 is 0 Å². The van der Waals surface area contributed by atoms with E-state index in [0.29, 0.717) is 6.61 Å². The lowest BCUT2D eigenvalue weighted by atomic mass is 10.0. The summed E-state index contributed by atoms with van der Waals surface area (Å²) < 4.78 is 10.4. The maximum absolute atomic E-state index is 10.7. The minimum absolute atomic E-state index is 0.0408. The van der Waals surface area contributed by atoms with Crippen molar-refractivity contribution in [3.8, 4) is 5.75 Å². The van der Waals surface area contributed by atoms with Crippen LogP contribution in [0.1, 0.15) is 24.1 Å². The van der Waals surface area contributed by atoms with Gasteiger partial charge in [0.15, 0.2) is 0 Å². The van der Waals surface area contributed by atoms with E-state index in [2.05, 4.69) is 5.32 Å². The predicted molar refractivity (Wildman–Crippen MR) is 69.3 cm³/mol. The number of hydrogen-bond acceptors (Lipinski definition) is 4. The third-order valence-corrected chi connectivity index (χ3v) is 2.69. The van der Waals surface area contributed by atoms with E-state index in [-0.39, 0.29) is 18.5 Å². The van der Waals surface area contributed by atoms with E-state index in [1.807, 2.05) is 25.1 Å². The molecule has 1 rings (SSSR count). The molecule has 0 heterocycles. The van der Waals surface area contributed by atoms with Crippen LogP contribution in [-0.2, 0) is 16.1 Å². The first-order chi connectivity index (χ1) is 8.58. The quantitative estimate of drug-likeness (QED) is 0.758. The number of amides is 1. The third-order valence-electron chi connectivity index (χ3n) is 2.69. The lowest BCUT2D eigenvalue weighted by Gasteiger charge is -2.16. The van der Waals surface area contributed by atoms with Crippen LogP contribution >= 0.6 is 0 Å². The van der Waals surface area contributed by atoms with Crippen LogP contribution in [0.3, 0.4) is 0 Å². The Kier molecular flexibility index (Phi) is 5.61. The van der Waals surface area contributed by atoms with Crippen LogP contribution in [0.5, 0.6) is 5.75 Å². The summed E-state index contributed by atoms with van der Waals surface area (Å²) in [5.74, 6) is 0.426. The lowest BCUT2D eigenvalue weighted by molar-refractivity contribution is -0.117. The zero-order chi connectivity index (χ0) is 13.5. The topological polar surface area (TPSA) is 73.6 Å². The van der Waals surface area contributed by atoms with Gasteiger partial charge in [-0.2, -0.15) is 0 Å². The fourth-order valence-electron chi connectivity index (χ4n) is 1.71. The van der Waals surface area contributed by atoms with Crippen LogP contribution in [0, 0.1) is 0 Å². The monoisotopic (exact) mass is 252 g/mol. The Morgan fingerprint density at radius 1 is 1.44 bits per heavy atom. The second kappa shape index (κ2) is 6.98. The summed E-state index contributed by atoms with van der Waals surface area (Å²) in [4.78, 5) is 10.7. The number of methoxy groups -OCH3 is 2. The smallest absolute Gasteiger partial charge is 0.231 e. The molecule has 0 aromatic heterocycles. The minimum atomic E-state index is -0.368. The summed E-state index contributed by atoms with van der Waals surface area (Å²) in [6, 6.07) is 5.89. The van der Waals surface area contributed by atoms with Gasteiger partial charge in [-0.1, -0.05) is 6.07 Å². The molecule has 0 radical (unpaired) electrons. The van der Waals surface area contributed by atoms with Crippen LogP contribution in [-0.4, -0.2) is 26.7 Å². The van der Waals surface area contributed by atoms with Crippen LogP contribution in [0.15, 0.2) is 18.2 Å². The average molecular weight is 252 g/mol. The van der Waals surface area contributed by atoms with Crippen molar-refractivity contribution in [2.45, 2.75) is 19.6 Å². The molecule has 0 saturated carbocycles. The predicted octanol–water partition coefficient (Wildman–Crippen LogP) is 0.977. The van der Waals surface area contributed by atoms with Gasteiger partial charge in [0.1, 0.15) is 5.75 Å². The van der Waals surface area contributed by atoms with Crippen molar-refractivity contribution in [3.05, 3.63) is 29.3 Å². The highest BCUT2D eigenvalue weighted by Gasteiger charge is 2.10. The number of primary amides is 1. The second-order valence-electron chi connectivity index (χ2n) is 4.07. The number of hydrogen-bond donors (Lipinski definition) is 2. The van der Waals surface area contributed by atoms with E-state index in [4.69, 9.17) is 15.2 Å². The summed E-state index contributed by atoms with van der Waals surface area (Å²) in [7, 11) is 3.27. The molecule has 100 valence electrons. The summed E-state index contributed by atoms with van der Waals surface area (Å²) in [6.45, 7) is 2.62. The molecule has 0 spiro atoms. The Bertz CT molecular complexity index is 407. The van der Waals surface area contributed by atoms with E-state index < -0.39 is 0 Å². The van der Waals surface area contributed by atoms with Gasteiger partial charge >= 0.3 is 0 Å². The fraction of sp³-hybridized carbons (Fsp3) is 0.462.